The lowest BCUT2D eigenvalue weighted by atomic mass is 10.1. The van der Waals surface area contributed by atoms with E-state index in [1.165, 1.54) is 19.3 Å². The molecule has 1 heterocycles. The molecule has 6 heteroatoms. The maximum atomic E-state index is 12.8. The Balaban J connectivity index is 2.44. The Hall–Kier alpha value is -2.11. The summed E-state index contributed by atoms with van der Waals surface area (Å²) >= 11 is 0. The third-order valence-corrected chi connectivity index (χ3v) is 2.73. The Morgan fingerprint density at radius 1 is 1.42 bits per heavy atom. The van der Waals surface area contributed by atoms with E-state index in [9.17, 15) is 13.9 Å². The normalized spacial score (nSPS) is 15.4. The molecular formula is C13H14F2N2O2. The first kappa shape index (κ1) is 13.3. The van der Waals surface area contributed by atoms with Gasteiger partial charge in [-0.05, 0) is 24.3 Å². The molecule has 1 aromatic rings. The van der Waals surface area contributed by atoms with Crippen LogP contribution in [0.15, 0.2) is 35.0 Å². The summed E-state index contributed by atoms with van der Waals surface area (Å²) in [5, 5.41) is 12.4. The minimum absolute atomic E-state index is 0.0219. The molecular weight excluding hydrogens is 254 g/mol. The van der Waals surface area contributed by atoms with Crippen molar-refractivity contribution in [1.82, 2.24) is 5.32 Å². The highest BCUT2D eigenvalue weighted by molar-refractivity contribution is 6.11. The first-order valence-corrected chi connectivity index (χ1v) is 5.77. The predicted molar refractivity (Wildman–Crippen MR) is 68.2 cm³/mol. The van der Waals surface area contributed by atoms with Crippen LogP contribution >= 0.6 is 0 Å². The summed E-state index contributed by atoms with van der Waals surface area (Å²) in [6, 6.07) is 4.61. The minimum Gasteiger partial charge on any atom is -0.507 e. The number of phenols is 1. The van der Waals surface area contributed by atoms with Gasteiger partial charge >= 0.3 is 0 Å². The first-order chi connectivity index (χ1) is 9.11. The van der Waals surface area contributed by atoms with Gasteiger partial charge in [0.1, 0.15) is 11.5 Å². The zero-order valence-electron chi connectivity index (χ0n) is 10.4. The maximum absolute atomic E-state index is 12.8. The molecule has 102 valence electrons. The molecule has 0 bridgehead atoms. The summed E-state index contributed by atoms with van der Waals surface area (Å²) in [6.45, 7) is 0.698. The second-order valence-corrected chi connectivity index (χ2v) is 3.98. The van der Waals surface area contributed by atoms with Gasteiger partial charge in [0.15, 0.2) is 0 Å². The lowest BCUT2D eigenvalue weighted by Gasteiger charge is -2.08. The number of methoxy groups -OCH3 is 1. The number of nitrogens with one attached hydrogen (secondary N) is 1. The van der Waals surface area contributed by atoms with Gasteiger partial charge in [-0.15, -0.1) is 0 Å². The van der Waals surface area contributed by atoms with Gasteiger partial charge in [-0.3, -0.25) is 4.99 Å². The van der Waals surface area contributed by atoms with Crippen molar-refractivity contribution in [2.24, 2.45) is 4.99 Å². The molecule has 1 aromatic carbocycles. The zero-order chi connectivity index (χ0) is 13.8. The van der Waals surface area contributed by atoms with Crippen LogP contribution in [0.2, 0.25) is 0 Å². The quantitative estimate of drug-likeness (QED) is 0.881. The Bertz CT molecular complexity index is 527. The van der Waals surface area contributed by atoms with Crippen molar-refractivity contribution in [2.75, 3.05) is 20.2 Å². The molecule has 0 amide bonds. The van der Waals surface area contributed by atoms with Crippen LogP contribution in [0.4, 0.5) is 8.78 Å². The highest BCUT2D eigenvalue weighted by Gasteiger charge is 2.17. The smallest absolute Gasteiger partial charge is 0.277 e. The molecule has 2 N–H and O–H groups in total. The number of hydrogen-bond donors (Lipinski definition) is 2. The molecule has 0 aromatic heterocycles. The first-order valence-electron chi connectivity index (χ1n) is 5.77. The van der Waals surface area contributed by atoms with Crippen LogP contribution in [0.5, 0.6) is 11.5 Å². The van der Waals surface area contributed by atoms with Crippen molar-refractivity contribution in [1.29, 1.82) is 0 Å². The summed E-state index contributed by atoms with van der Waals surface area (Å²) in [5.41, 5.74) is 0.497. The number of nitrogens with zero attached hydrogens (tertiary/aromatic N) is 1. The number of allylic oxidation sites excluding steroid dienone is 2. The van der Waals surface area contributed by atoms with Crippen LogP contribution in [0.1, 0.15) is 5.56 Å². The van der Waals surface area contributed by atoms with Crippen molar-refractivity contribution in [3.63, 3.8) is 0 Å². The summed E-state index contributed by atoms with van der Waals surface area (Å²) < 4.78 is 30.6. The van der Waals surface area contributed by atoms with Gasteiger partial charge in [-0.1, -0.05) is 0 Å². The maximum Gasteiger partial charge on any atom is 0.277 e. The molecule has 0 aliphatic carbocycles. The molecule has 0 atom stereocenters. The van der Waals surface area contributed by atoms with Gasteiger partial charge in [0.25, 0.3) is 6.43 Å². The van der Waals surface area contributed by atoms with Crippen LogP contribution in [0.3, 0.4) is 0 Å². The lowest BCUT2D eigenvalue weighted by Crippen LogP contribution is -2.20. The fourth-order valence-electron chi connectivity index (χ4n) is 1.77. The summed E-state index contributed by atoms with van der Waals surface area (Å²) in [7, 11) is 1.49. The zero-order valence-corrected chi connectivity index (χ0v) is 10.4. The minimum atomic E-state index is -2.60. The molecule has 0 radical (unpaired) electrons. The van der Waals surface area contributed by atoms with E-state index in [1.807, 2.05) is 0 Å². The van der Waals surface area contributed by atoms with Gasteiger partial charge in [0, 0.05) is 12.1 Å². The third-order valence-electron chi connectivity index (χ3n) is 2.73. The molecule has 0 fully saturated rings. The molecule has 0 saturated heterocycles. The fourth-order valence-corrected chi connectivity index (χ4v) is 1.77. The SMILES string of the molecule is COc1ccc(O)c(C2=NCCNC(C(F)F)=C2)c1. The monoisotopic (exact) mass is 268 g/mol. The van der Waals surface area contributed by atoms with Gasteiger partial charge in [0.2, 0.25) is 0 Å². The van der Waals surface area contributed by atoms with Crippen LogP contribution in [0.25, 0.3) is 0 Å². The van der Waals surface area contributed by atoms with Gasteiger partial charge < -0.3 is 15.2 Å². The number of aromatic hydroxyl groups is 1. The predicted octanol–water partition coefficient (Wildman–Crippen LogP) is 1.94. The number of phenolic OH excluding ortho intramolecular Hbond substituents is 1. The van der Waals surface area contributed by atoms with E-state index in [2.05, 4.69) is 10.3 Å². The van der Waals surface area contributed by atoms with E-state index < -0.39 is 6.43 Å². The highest BCUT2D eigenvalue weighted by atomic mass is 19.3. The van der Waals surface area contributed by atoms with Crippen molar-refractivity contribution in [3.8, 4) is 11.5 Å². The third kappa shape index (κ3) is 3.01. The Kier molecular flexibility index (Phi) is 3.99. The molecule has 4 nitrogen and oxygen atoms in total. The molecule has 19 heavy (non-hydrogen) atoms. The second kappa shape index (κ2) is 5.69. The number of ether oxygens (including phenoxy) is 1. The number of aliphatic imine (C=N–C) groups is 1. The topological polar surface area (TPSA) is 53.9 Å². The number of rotatable bonds is 3. The molecule has 1 aliphatic rings. The molecule has 0 unspecified atom stereocenters. The molecule has 2 rings (SSSR count). The molecule has 0 spiro atoms. The average molecular weight is 268 g/mol. The standard InChI is InChI=1S/C13H14F2N2O2/c1-19-8-2-3-12(18)9(6-8)10-7-11(13(14)15)17-5-4-16-10/h2-3,6-7,13,17-18H,4-5H2,1H3. The number of benzene rings is 1. The van der Waals surface area contributed by atoms with Crippen LogP contribution in [-0.2, 0) is 0 Å². The summed E-state index contributed by atoms with van der Waals surface area (Å²) in [6.07, 6.45) is -1.34. The van der Waals surface area contributed by atoms with Gasteiger partial charge in [-0.2, -0.15) is 0 Å². The van der Waals surface area contributed by atoms with E-state index in [4.69, 9.17) is 4.74 Å². The van der Waals surface area contributed by atoms with E-state index >= 15 is 0 Å². The molecule has 0 saturated carbocycles. The Morgan fingerprint density at radius 2 is 2.21 bits per heavy atom. The lowest BCUT2D eigenvalue weighted by molar-refractivity contribution is 0.181. The molecule has 1 aliphatic heterocycles. The van der Waals surface area contributed by atoms with E-state index in [1.54, 1.807) is 12.1 Å². The van der Waals surface area contributed by atoms with Crippen molar-refractivity contribution >= 4 is 5.71 Å². The fraction of sp³-hybridized carbons (Fsp3) is 0.308. The van der Waals surface area contributed by atoms with Crippen molar-refractivity contribution in [2.45, 2.75) is 6.43 Å². The Morgan fingerprint density at radius 3 is 2.89 bits per heavy atom. The van der Waals surface area contributed by atoms with Crippen molar-refractivity contribution in [3.05, 3.63) is 35.5 Å². The van der Waals surface area contributed by atoms with Crippen LogP contribution in [0, 0.1) is 0 Å². The van der Waals surface area contributed by atoms with E-state index in [0.29, 0.717) is 30.1 Å². The van der Waals surface area contributed by atoms with Crippen LogP contribution in [-0.4, -0.2) is 37.4 Å². The van der Waals surface area contributed by atoms with E-state index in [0.717, 1.165) is 0 Å². The summed E-state index contributed by atoms with van der Waals surface area (Å²) in [5.74, 6) is 0.506. The van der Waals surface area contributed by atoms with Crippen molar-refractivity contribution < 1.29 is 18.6 Å². The van der Waals surface area contributed by atoms with E-state index in [-0.39, 0.29) is 11.4 Å². The second-order valence-electron chi connectivity index (χ2n) is 3.98. The number of hydrogen-bond acceptors (Lipinski definition) is 4. The average Bonchev–Trinajstić information content (AvgIpc) is 2.65. The van der Waals surface area contributed by atoms with Crippen LogP contribution < -0.4 is 10.1 Å². The largest absolute Gasteiger partial charge is 0.507 e. The van der Waals surface area contributed by atoms with Gasteiger partial charge in [-0.25, -0.2) is 8.78 Å². The Labute approximate surface area is 109 Å². The van der Waals surface area contributed by atoms with Gasteiger partial charge in [0.05, 0.1) is 25.1 Å². The number of alkyl halides is 2. The highest BCUT2D eigenvalue weighted by Crippen LogP contribution is 2.25. The number of halogens is 2. The summed E-state index contributed by atoms with van der Waals surface area (Å²) in [4.78, 5) is 4.19.